The molecule has 0 aliphatic heterocycles. The number of hydrogen-bond acceptors (Lipinski definition) is 5. The third-order valence-corrected chi connectivity index (χ3v) is 3.54. The molecule has 0 aliphatic rings. The van der Waals surface area contributed by atoms with Gasteiger partial charge in [0.25, 0.3) is 0 Å². The molecule has 1 aromatic carbocycles. The van der Waals surface area contributed by atoms with Gasteiger partial charge in [0.05, 0.1) is 0 Å². The summed E-state index contributed by atoms with van der Waals surface area (Å²) >= 11 is 2.31. The van der Waals surface area contributed by atoms with Crippen molar-refractivity contribution in [3.05, 3.63) is 36.5 Å². The molecule has 0 bridgehead atoms. The fraction of sp³-hybridized carbons (Fsp3) is 0.200. The first-order chi connectivity index (χ1) is 10.5. The summed E-state index contributed by atoms with van der Waals surface area (Å²) in [6.07, 6.45) is 1.15. The fourth-order valence-corrected chi connectivity index (χ4v) is 2.48. The second-order valence-electron chi connectivity index (χ2n) is 4.41. The molecule has 2 aromatic rings. The molecule has 1 aromatic heterocycles. The van der Waals surface area contributed by atoms with Gasteiger partial charge in [-0.15, -0.1) is 0 Å². The number of benzene rings is 1. The first kappa shape index (κ1) is 16.2. The normalized spacial score (nSPS) is 10.1. The van der Waals surface area contributed by atoms with E-state index in [0.29, 0.717) is 34.0 Å². The molecule has 1 heterocycles. The topological polar surface area (TPSA) is 77.7 Å². The van der Waals surface area contributed by atoms with Crippen molar-refractivity contribution in [1.82, 2.24) is 4.98 Å². The van der Waals surface area contributed by atoms with Crippen LogP contribution in [0.2, 0.25) is 0 Å². The average molecular weight is 361 g/mol. The maximum atomic E-state index is 11.9. The molecule has 2 rings (SSSR count). The van der Waals surface area contributed by atoms with Crippen molar-refractivity contribution in [2.24, 2.45) is 0 Å². The molecule has 7 heteroatoms. The molecule has 0 fully saturated rings. The Labute approximate surface area is 137 Å². The Bertz CT molecular complexity index is 662. The number of carbonyl (C=O) groups excluding carboxylic acids is 1. The van der Waals surface area contributed by atoms with E-state index in [0.717, 1.165) is 0 Å². The molecular formula is C15H16AsN3O3. The van der Waals surface area contributed by atoms with Crippen LogP contribution in [0.1, 0.15) is 6.92 Å². The molecule has 6 nitrogen and oxygen atoms in total. The van der Waals surface area contributed by atoms with Crippen molar-refractivity contribution in [2.75, 3.05) is 24.3 Å². The summed E-state index contributed by atoms with van der Waals surface area (Å²) in [6, 6.07) is 8.70. The summed E-state index contributed by atoms with van der Waals surface area (Å²) in [5.41, 5.74) is 6.85. The van der Waals surface area contributed by atoms with E-state index < -0.39 is 6.09 Å². The van der Waals surface area contributed by atoms with Crippen molar-refractivity contribution >= 4 is 38.8 Å². The van der Waals surface area contributed by atoms with E-state index in [2.05, 4.69) is 21.8 Å². The van der Waals surface area contributed by atoms with Gasteiger partial charge in [-0.25, -0.2) is 0 Å². The predicted octanol–water partition coefficient (Wildman–Crippen LogP) is 1.84. The van der Waals surface area contributed by atoms with Gasteiger partial charge in [-0.1, -0.05) is 0 Å². The first-order valence-corrected chi connectivity index (χ1v) is 7.58. The summed E-state index contributed by atoms with van der Waals surface area (Å²) in [7, 11) is 1.61. The van der Waals surface area contributed by atoms with Gasteiger partial charge in [-0.3, -0.25) is 0 Å². The number of hydrogen-bond donors (Lipinski definition) is 1. The Morgan fingerprint density at radius 2 is 2.00 bits per heavy atom. The summed E-state index contributed by atoms with van der Waals surface area (Å²) in [4.78, 5) is 17.5. The van der Waals surface area contributed by atoms with Crippen molar-refractivity contribution in [3.63, 3.8) is 0 Å². The number of nitrogens with zero attached hydrogens (tertiary/aromatic N) is 2. The fourth-order valence-electron chi connectivity index (χ4n) is 1.80. The zero-order valence-corrected chi connectivity index (χ0v) is 14.2. The van der Waals surface area contributed by atoms with Gasteiger partial charge >= 0.3 is 137 Å². The van der Waals surface area contributed by atoms with E-state index in [9.17, 15) is 4.79 Å². The number of rotatable bonds is 4. The van der Waals surface area contributed by atoms with Crippen LogP contribution < -0.4 is 19.9 Å². The zero-order valence-electron chi connectivity index (χ0n) is 12.3. The van der Waals surface area contributed by atoms with Crippen molar-refractivity contribution in [3.8, 4) is 11.5 Å². The van der Waals surface area contributed by atoms with E-state index in [1.807, 2.05) is 0 Å². The second kappa shape index (κ2) is 7.18. The van der Waals surface area contributed by atoms with Crippen LogP contribution in [-0.4, -0.2) is 41.6 Å². The summed E-state index contributed by atoms with van der Waals surface area (Å²) in [5.74, 6) is 1.12. The van der Waals surface area contributed by atoms with Crippen LogP contribution in [0.5, 0.6) is 11.5 Å². The standard InChI is InChI=1S/C15H16AsN3O3/c1-3-21-15(20)19(2)13-12(8-9-18-14(13)16)22-11-6-4-10(17)5-7-11/h4-9H,3,17H2,1-2H3. The van der Waals surface area contributed by atoms with Crippen molar-refractivity contribution < 1.29 is 14.3 Å². The number of aromatic nitrogens is 1. The first-order valence-electron chi connectivity index (χ1n) is 6.64. The number of pyridine rings is 1. The summed E-state index contributed by atoms with van der Waals surface area (Å²) in [6.45, 7) is 2.05. The van der Waals surface area contributed by atoms with Crippen LogP contribution >= 0.6 is 0 Å². The van der Waals surface area contributed by atoms with Crippen molar-refractivity contribution in [1.29, 1.82) is 0 Å². The van der Waals surface area contributed by atoms with Gasteiger partial charge in [0, 0.05) is 0 Å². The van der Waals surface area contributed by atoms with Crippen LogP contribution in [0.4, 0.5) is 16.2 Å². The summed E-state index contributed by atoms with van der Waals surface area (Å²) < 4.78 is 11.5. The van der Waals surface area contributed by atoms with Crippen LogP contribution in [0.25, 0.3) is 0 Å². The molecule has 2 N–H and O–H groups in total. The van der Waals surface area contributed by atoms with Gasteiger partial charge < -0.3 is 0 Å². The van der Waals surface area contributed by atoms with Crippen molar-refractivity contribution in [2.45, 2.75) is 6.92 Å². The SMILES string of the molecule is CCOC(=O)N(C)c1c(Oc2ccc(N)cc2)ccnc1[As]. The number of carbonyl (C=O) groups is 1. The molecule has 0 saturated carbocycles. The number of ether oxygens (including phenoxy) is 2. The molecule has 0 aliphatic carbocycles. The number of nitrogen functional groups attached to an aromatic ring is 1. The van der Waals surface area contributed by atoms with Gasteiger partial charge in [0.2, 0.25) is 0 Å². The van der Waals surface area contributed by atoms with Gasteiger partial charge in [0.15, 0.2) is 0 Å². The van der Waals surface area contributed by atoms with Crippen LogP contribution in [0.15, 0.2) is 36.5 Å². The quantitative estimate of drug-likeness (QED) is 0.664. The second-order valence-corrected chi connectivity index (χ2v) is 5.30. The van der Waals surface area contributed by atoms with Gasteiger partial charge in [0.1, 0.15) is 0 Å². The van der Waals surface area contributed by atoms with E-state index in [-0.39, 0.29) is 0 Å². The average Bonchev–Trinajstić information content (AvgIpc) is 2.49. The maximum absolute atomic E-state index is 11.9. The Morgan fingerprint density at radius 3 is 2.64 bits per heavy atom. The predicted molar refractivity (Wildman–Crippen MR) is 86.0 cm³/mol. The van der Waals surface area contributed by atoms with Gasteiger partial charge in [-0.05, 0) is 0 Å². The third-order valence-electron chi connectivity index (χ3n) is 2.85. The molecule has 22 heavy (non-hydrogen) atoms. The summed E-state index contributed by atoms with van der Waals surface area (Å²) in [5, 5.41) is 0. The van der Waals surface area contributed by atoms with E-state index >= 15 is 0 Å². The van der Waals surface area contributed by atoms with E-state index in [1.54, 1.807) is 50.5 Å². The van der Waals surface area contributed by atoms with Gasteiger partial charge in [-0.2, -0.15) is 0 Å². The van der Waals surface area contributed by atoms with Crippen LogP contribution in [0.3, 0.4) is 0 Å². The van der Waals surface area contributed by atoms with E-state index in [1.165, 1.54) is 4.90 Å². The van der Waals surface area contributed by atoms with Crippen LogP contribution in [0, 0.1) is 0 Å². The zero-order chi connectivity index (χ0) is 16.1. The number of amides is 1. The Hall–Kier alpha value is -2.20. The minimum absolute atomic E-state index is 0.297. The Balaban J connectivity index is 2.33. The monoisotopic (exact) mass is 361 g/mol. The Kier molecular flexibility index (Phi) is 5.28. The number of nitrogens with two attached hydrogens (primary N) is 1. The number of anilines is 2. The molecule has 114 valence electrons. The molecule has 0 spiro atoms. The molecule has 0 saturated heterocycles. The van der Waals surface area contributed by atoms with Crippen LogP contribution in [-0.2, 0) is 4.74 Å². The van der Waals surface area contributed by atoms with E-state index in [4.69, 9.17) is 15.2 Å². The molecule has 2 radical (unpaired) electrons. The molecule has 0 atom stereocenters. The minimum atomic E-state index is -0.468. The third kappa shape index (κ3) is 3.71. The molecule has 1 amide bonds. The molecular weight excluding hydrogens is 345 g/mol. The Morgan fingerprint density at radius 1 is 1.32 bits per heavy atom. The molecule has 0 unspecified atom stereocenters.